The van der Waals surface area contributed by atoms with Crippen molar-refractivity contribution in [2.45, 2.75) is 50.8 Å². The second-order valence-electron chi connectivity index (χ2n) is 8.16. The van der Waals surface area contributed by atoms with Gasteiger partial charge in [0.2, 0.25) is 5.91 Å². The van der Waals surface area contributed by atoms with Crippen molar-refractivity contribution in [1.29, 1.82) is 0 Å². The van der Waals surface area contributed by atoms with Crippen LogP contribution in [-0.4, -0.2) is 10.2 Å². The zero-order valence-corrected chi connectivity index (χ0v) is 16.0. The number of amides is 1. The Morgan fingerprint density at radius 2 is 1.50 bits per heavy atom. The van der Waals surface area contributed by atoms with E-state index in [1.54, 1.807) is 0 Å². The van der Waals surface area contributed by atoms with Crippen LogP contribution in [0.1, 0.15) is 42.4 Å². The first-order valence-electron chi connectivity index (χ1n) is 9.07. The van der Waals surface area contributed by atoms with Gasteiger partial charge in [0.15, 0.2) is 0 Å². The van der Waals surface area contributed by atoms with E-state index in [0.29, 0.717) is 23.7 Å². The lowest BCUT2D eigenvalue weighted by Crippen LogP contribution is -2.17. The highest BCUT2D eigenvalue weighted by molar-refractivity contribution is 6.51. The molecule has 5 atom stereocenters. The van der Waals surface area contributed by atoms with Crippen molar-refractivity contribution in [3.8, 4) is 0 Å². The largest absolute Gasteiger partial charge is 0.325 e. The van der Waals surface area contributed by atoms with Crippen LogP contribution >= 0.6 is 23.2 Å². The molecule has 3 aliphatic carbocycles. The second-order valence-corrected chi connectivity index (χ2v) is 9.60. The lowest BCUT2D eigenvalue weighted by molar-refractivity contribution is -0.117. The minimum atomic E-state index is -0.481. The first-order valence-corrected chi connectivity index (χ1v) is 9.83. The quantitative estimate of drug-likeness (QED) is 0.697. The molecule has 24 heavy (non-hydrogen) atoms. The van der Waals surface area contributed by atoms with Crippen LogP contribution < -0.4 is 5.32 Å². The van der Waals surface area contributed by atoms with E-state index in [1.165, 1.54) is 5.56 Å². The molecular weight excluding hydrogens is 341 g/mol. The highest BCUT2D eigenvalue weighted by atomic mass is 35.5. The monoisotopic (exact) mass is 365 g/mol. The molecule has 1 unspecified atom stereocenters. The Balaban J connectivity index is 1.43. The zero-order valence-electron chi connectivity index (χ0n) is 14.5. The van der Waals surface area contributed by atoms with E-state index in [4.69, 9.17) is 23.2 Å². The van der Waals surface area contributed by atoms with Crippen molar-refractivity contribution in [3.05, 3.63) is 28.8 Å². The summed E-state index contributed by atoms with van der Waals surface area (Å²) in [5.41, 5.74) is 4.53. The predicted molar refractivity (Wildman–Crippen MR) is 99.6 cm³/mol. The van der Waals surface area contributed by atoms with Gasteiger partial charge < -0.3 is 5.32 Å². The molecule has 0 heterocycles. The number of anilines is 1. The van der Waals surface area contributed by atoms with E-state index in [-0.39, 0.29) is 11.8 Å². The van der Waals surface area contributed by atoms with Crippen molar-refractivity contribution >= 4 is 34.8 Å². The van der Waals surface area contributed by atoms with Crippen LogP contribution in [0.5, 0.6) is 0 Å². The van der Waals surface area contributed by atoms with Gasteiger partial charge in [0.25, 0.3) is 0 Å². The Labute approximate surface area is 154 Å². The molecule has 0 spiro atoms. The van der Waals surface area contributed by atoms with E-state index in [1.807, 2.05) is 0 Å². The van der Waals surface area contributed by atoms with Gasteiger partial charge >= 0.3 is 0 Å². The molecule has 0 radical (unpaired) electrons. The SMILES string of the molecule is Cc1cc(C)c(NC(=O)C2[C@H]3CC[C@@H]4[C@H](CC[C@@H]23)C4(Cl)Cl)c(C)c1. The number of halogens is 2. The summed E-state index contributed by atoms with van der Waals surface area (Å²) in [5.74, 6) is 2.35. The summed E-state index contributed by atoms with van der Waals surface area (Å²) in [7, 11) is 0. The predicted octanol–water partition coefficient (Wildman–Crippen LogP) is 5.41. The number of fused-ring (bicyclic) bond motifs is 2. The Hall–Kier alpha value is -0.730. The van der Waals surface area contributed by atoms with Crippen molar-refractivity contribution in [2.75, 3.05) is 5.32 Å². The highest BCUT2D eigenvalue weighted by Gasteiger charge is 2.65. The van der Waals surface area contributed by atoms with Gasteiger partial charge in [-0.05, 0) is 81.3 Å². The molecule has 0 aliphatic heterocycles. The van der Waals surface area contributed by atoms with Crippen LogP contribution in [0.2, 0.25) is 0 Å². The molecule has 1 amide bonds. The topological polar surface area (TPSA) is 29.1 Å². The molecule has 0 bridgehead atoms. The molecule has 3 saturated carbocycles. The maximum absolute atomic E-state index is 12.8. The molecule has 130 valence electrons. The Kier molecular flexibility index (Phi) is 3.93. The van der Waals surface area contributed by atoms with Gasteiger partial charge in [-0.3, -0.25) is 4.79 Å². The summed E-state index contributed by atoms with van der Waals surface area (Å²) in [4.78, 5) is 12.8. The average Bonchev–Trinajstić information content (AvgIpc) is 3.27. The number of rotatable bonds is 2. The van der Waals surface area contributed by atoms with E-state index >= 15 is 0 Å². The number of carbonyl (C=O) groups excluding carboxylic acids is 1. The van der Waals surface area contributed by atoms with Crippen LogP contribution in [0.15, 0.2) is 12.1 Å². The fourth-order valence-corrected chi connectivity index (χ4v) is 6.12. The molecule has 4 heteroatoms. The molecule has 4 rings (SSSR count). The van der Waals surface area contributed by atoms with Crippen LogP contribution in [0, 0.1) is 50.4 Å². The lowest BCUT2D eigenvalue weighted by Gasteiger charge is -2.13. The Bertz CT molecular complexity index is 654. The number of carbonyl (C=O) groups is 1. The second kappa shape index (κ2) is 5.64. The Morgan fingerprint density at radius 1 is 1.00 bits per heavy atom. The van der Waals surface area contributed by atoms with Crippen LogP contribution in [0.25, 0.3) is 0 Å². The zero-order chi connectivity index (χ0) is 17.2. The number of alkyl halides is 2. The third-order valence-corrected chi connectivity index (χ3v) is 7.67. The van der Waals surface area contributed by atoms with E-state index in [9.17, 15) is 4.79 Å². The van der Waals surface area contributed by atoms with Gasteiger partial charge in [0, 0.05) is 11.6 Å². The van der Waals surface area contributed by atoms with Gasteiger partial charge in [-0.15, -0.1) is 23.2 Å². The van der Waals surface area contributed by atoms with Gasteiger partial charge in [0.1, 0.15) is 4.33 Å². The minimum Gasteiger partial charge on any atom is -0.325 e. The molecule has 3 fully saturated rings. The van der Waals surface area contributed by atoms with Crippen molar-refractivity contribution in [3.63, 3.8) is 0 Å². The molecule has 1 aromatic rings. The summed E-state index contributed by atoms with van der Waals surface area (Å²) in [6, 6.07) is 4.26. The van der Waals surface area contributed by atoms with E-state index < -0.39 is 4.33 Å². The van der Waals surface area contributed by atoms with Gasteiger partial charge in [0.05, 0.1) is 0 Å². The number of hydrogen-bond acceptors (Lipinski definition) is 1. The fraction of sp³-hybridized carbons (Fsp3) is 0.650. The van der Waals surface area contributed by atoms with Gasteiger partial charge in [-0.2, -0.15) is 0 Å². The third-order valence-electron chi connectivity index (χ3n) is 6.55. The third kappa shape index (κ3) is 2.66. The van der Waals surface area contributed by atoms with E-state index in [0.717, 1.165) is 42.5 Å². The fourth-order valence-electron chi connectivity index (χ4n) is 5.20. The standard InChI is InChI=1S/C20H25Cl2NO/c1-10-8-11(2)18(12(3)9-10)23-19(24)17-13-4-6-15-16(20(15,21)22)7-5-14(13)17/h8-9,13-17H,4-7H2,1-3H3,(H,23,24)/t13-,14+,15+,16-,17?. The lowest BCUT2D eigenvalue weighted by atomic mass is 10.0. The Morgan fingerprint density at radius 3 is 2.00 bits per heavy atom. The number of nitrogens with one attached hydrogen (secondary N) is 1. The average molecular weight is 366 g/mol. The summed E-state index contributed by atoms with van der Waals surface area (Å²) in [6.07, 6.45) is 4.34. The highest BCUT2D eigenvalue weighted by Crippen LogP contribution is 2.67. The molecule has 0 aromatic heterocycles. The minimum absolute atomic E-state index is 0.183. The van der Waals surface area contributed by atoms with Crippen LogP contribution in [0.3, 0.4) is 0 Å². The van der Waals surface area contributed by atoms with E-state index in [2.05, 4.69) is 38.2 Å². The number of benzene rings is 1. The summed E-state index contributed by atoms with van der Waals surface area (Å²) in [6.45, 7) is 6.23. The molecule has 1 aromatic carbocycles. The van der Waals surface area contributed by atoms with Crippen LogP contribution in [0.4, 0.5) is 5.69 Å². The smallest absolute Gasteiger partial charge is 0.228 e. The molecule has 1 N–H and O–H groups in total. The maximum Gasteiger partial charge on any atom is 0.228 e. The summed E-state index contributed by atoms with van der Waals surface area (Å²) < 4.78 is -0.481. The first-order chi connectivity index (χ1) is 11.3. The molecule has 0 saturated heterocycles. The van der Waals surface area contributed by atoms with Crippen molar-refractivity contribution < 1.29 is 4.79 Å². The van der Waals surface area contributed by atoms with Crippen LogP contribution in [-0.2, 0) is 4.79 Å². The normalized spacial score (nSPS) is 36.0. The first kappa shape index (κ1) is 16.7. The van der Waals surface area contributed by atoms with Crippen molar-refractivity contribution in [2.24, 2.45) is 29.6 Å². The summed E-state index contributed by atoms with van der Waals surface area (Å²) in [5, 5.41) is 3.21. The molecular formula is C20H25Cl2NO. The van der Waals surface area contributed by atoms with Gasteiger partial charge in [-0.25, -0.2) is 0 Å². The van der Waals surface area contributed by atoms with Crippen molar-refractivity contribution in [1.82, 2.24) is 0 Å². The molecule has 2 nitrogen and oxygen atoms in total. The van der Waals surface area contributed by atoms with Gasteiger partial charge in [-0.1, -0.05) is 17.7 Å². The number of aryl methyl sites for hydroxylation is 3. The maximum atomic E-state index is 12.8. The molecule has 3 aliphatic rings. The summed E-state index contributed by atoms with van der Waals surface area (Å²) >= 11 is 12.7. The number of hydrogen-bond donors (Lipinski definition) is 1.